The number of carbonyl (C=O) groups is 1. The van der Waals surface area contributed by atoms with Crippen LogP contribution in [-0.2, 0) is 4.79 Å². The average molecular weight is 253 g/mol. The van der Waals surface area contributed by atoms with Gasteiger partial charge in [0, 0.05) is 6.54 Å². The van der Waals surface area contributed by atoms with Crippen LogP contribution in [0, 0.1) is 5.41 Å². The number of aromatic nitrogens is 2. The summed E-state index contributed by atoms with van der Waals surface area (Å²) < 4.78 is 4.96. The summed E-state index contributed by atoms with van der Waals surface area (Å²) in [6.07, 6.45) is 4.15. The minimum atomic E-state index is -0.796. The monoisotopic (exact) mass is 253 g/mol. The van der Waals surface area contributed by atoms with E-state index in [4.69, 9.17) is 4.74 Å². The summed E-state index contributed by atoms with van der Waals surface area (Å²) in [7, 11) is 1.51. The Kier molecular flexibility index (Phi) is 4.88. The van der Waals surface area contributed by atoms with Gasteiger partial charge in [0.15, 0.2) is 0 Å². The summed E-state index contributed by atoms with van der Waals surface area (Å²) in [6, 6.07) is 0. The summed E-state index contributed by atoms with van der Waals surface area (Å²) >= 11 is 0. The van der Waals surface area contributed by atoms with Gasteiger partial charge in [-0.1, -0.05) is 13.8 Å². The van der Waals surface area contributed by atoms with Crippen LogP contribution in [0.3, 0.4) is 0 Å². The van der Waals surface area contributed by atoms with Gasteiger partial charge in [-0.2, -0.15) is 4.98 Å². The number of nitrogens with zero attached hydrogens (tertiary/aromatic N) is 2. The second-order valence-corrected chi connectivity index (χ2v) is 4.09. The van der Waals surface area contributed by atoms with Crippen molar-refractivity contribution in [1.29, 1.82) is 0 Å². The van der Waals surface area contributed by atoms with E-state index in [1.807, 2.05) is 13.8 Å². The van der Waals surface area contributed by atoms with Crippen LogP contribution in [0.5, 0.6) is 5.88 Å². The molecule has 2 N–H and O–H groups in total. The lowest BCUT2D eigenvalue weighted by Crippen LogP contribution is -2.37. The van der Waals surface area contributed by atoms with E-state index in [0.717, 1.165) is 0 Å². The first-order chi connectivity index (χ1) is 8.57. The maximum absolute atomic E-state index is 11.3. The zero-order valence-electron chi connectivity index (χ0n) is 10.9. The van der Waals surface area contributed by atoms with Crippen LogP contribution in [0.25, 0.3) is 0 Å². The average Bonchev–Trinajstić information content (AvgIpc) is 2.40. The highest BCUT2D eigenvalue weighted by atomic mass is 16.5. The molecule has 0 bridgehead atoms. The lowest BCUT2D eigenvalue weighted by atomic mass is 9.82. The van der Waals surface area contributed by atoms with Crippen molar-refractivity contribution in [2.75, 3.05) is 19.0 Å². The molecular weight excluding hydrogens is 234 g/mol. The molecule has 0 saturated heterocycles. The second-order valence-electron chi connectivity index (χ2n) is 4.09. The van der Waals surface area contributed by atoms with Gasteiger partial charge in [-0.05, 0) is 12.8 Å². The molecule has 0 saturated carbocycles. The van der Waals surface area contributed by atoms with Crippen molar-refractivity contribution >= 4 is 11.8 Å². The zero-order chi connectivity index (χ0) is 13.6. The van der Waals surface area contributed by atoms with Gasteiger partial charge in [-0.25, -0.2) is 0 Å². The maximum Gasteiger partial charge on any atom is 0.311 e. The quantitative estimate of drug-likeness (QED) is 0.770. The largest absolute Gasteiger partial charge is 0.481 e. The Labute approximate surface area is 106 Å². The molecule has 1 aromatic rings. The molecule has 0 atom stereocenters. The maximum atomic E-state index is 11.3. The Morgan fingerprint density at radius 2 is 2.11 bits per heavy atom. The molecule has 6 heteroatoms. The number of rotatable bonds is 7. The fraction of sp³-hybridized carbons (Fsp3) is 0.583. The first-order valence-corrected chi connectivity index (χ1v) is 5.91. The summed E-state index contributed by atoms with van der Waals surface area (Å²) in [5.41, 5.74) is -0.773. The fourth-order valence-corrected chi connectivity index (χ4v) is 1.67. The molecule has 1 rings (SSSR count). The van der Waals surface area contributed by atoms with E-state index in [1.165, 1.54) is 13.3 Å². The van der Waals surface area contributed by atoms with E-state index >= 15 is 0 Å². The van der Waals surface area contributed by atoms with Gasteiger partial charge >= 0.3 is 5.97 Å². The molecule has 1 heterocycles. The summed E-state index contributed by atoms with van der Waals surface area (Å²) in [5.74, 6) is 0.117. The molecule has 0 unspecified atom stereocenters. The third kappa shape index (κ3) is 3.09. The van der Waals surface area contributed by atoms with Gasteiger partial charge in [0.05, 0.1) is 24.9 Å². The topological polar surface area (TPSA) is 84.3 Å². The van der Waals surface area contributed by atoms with Gasteiger partial charge < -0.3 is 15.2 Å². The van der Waals surface area contributed by atoms with E-state index in [9.17, 15) is 9.90 Å². The Morgan fingerprint density at radius 1 is 1.44 bits per heavy atom. The van der Waals surface area contributed by atoms with Gasteiger partial charge in [0.1, 0.15) is 5.82 Å². The van der Waals surface area contributed by atoms with E-state index in [-0.39, 0.29) is 0 Å². The number of carboxylic acid groups (broad SMARTS) is 1. The Morgan fingerprint density at radius 3 is 2.61 bits per heavy atom. The molecular formula is C12H19N3O3. The smallest absolute Gasteiger partial charge is 0.311 e. The van der Waals surface area contributed by atoms with Crippen molar-refractivity contribution in [1.82, 2.24) is 9.97 Å². The van der Waals surface area contributed by atoms with Gasteiger partial charge in [-0.15, -0.1) is 0 Å². The first-order valence-electron chi connectivity index (χ1n) is 5.91. The van der Waals surface area contributed by atoms with Crippen LogP contribution in [-0.4, -0.2) is 34.7 Å². The highest BCUT2D eigenvalue weighted by Crippen LogP contribution is 2.27. The number of ether oxygens (including phenoxy) is 1. The van der Waals surface area contributed by atoms with Crippen molar-refractivity contribution in [2.24, 2.45) is 5.41 Å². The van der Waals surface area contributed by atoms with Crippen LogP contribution in [0.2, 0.25) is 0 Å². The van der Waals surface area contributed by atoms with Crippen molar-refractivity contribution in [2.45, 2.75) is 26.7 Å². The molecule has 0 aliphatic rings. The SMILES string of the molecule is CCC(CC)(CNc1cncc(OC)n1)C(=O)O. The lowest BCUT2D eigenvalue weighted by molar-refractivity contribution is -0.148. The molecule has 1 aromatic heterocycles. The molecule has 0 amide bonds. The first kappa shape index (κ1) is 14.2. The van der Waals surface area contributed by atoms with Crippen LogP contribution in [0.15, 0.2) is 12.4 Å². The molecule has 0 aliphatic carbocycles. The second kappa shape index (κ2) is 6.18. The zero-order valence-corrected chi connectivity index (χ0v) is 10.9. The highest BCUT2D eigenvalue weighted by Gasteiger charge is 2.34. The number of aliphatic carboxylic acids is 1. The normalized spacial score (nSPS) is 11.1. The number of nitrogens with one attached hydrogen (secondary N) is 1. The molecule has 6 nitrogen and oxygen atoms in total. The van der Waals surface area contributed by atoms with E-state index < -0.39 is 11.4 Å². The molecule has 100 valence electrons. The van der Waals surface area contributed by atoms with Crippen LogP contribution in [0.4, 0.5) is 5.82 Å². The Bertz CT molecular complexity index is 405. The number of hydrogen-bond acceptors (Lipinski definition) is 5. The third-order valence-corrected chi connectivity index (χ3v) is 3.24. The predicted octanol–water partition coefficient (Wildman–Crippen LogP) is 1.79. The molecule has 18 heavy (non-hydrogen) atoms. The van der Waals surface area contributed by atoms with Crippen LogP contribution >= 0.6 is 0 Å². The van der Waals surface area contributed by atoms with Crippen LogP contribution in [0.1, 0.15) is 26.7 Å². The van der Waals surface area contributed by atoms with Crippen molar-refractivity contribution in [3.63, 3.8) is 0 Å². The van der Waals surface area contributed by atoms with Crippen molar-refractivity contribution in [3.8, 4) is 5.88 Å². The molecule has 0 fully saturated rings. The minimum Gasteiger partial charge on any atom is -0.481 e. The third-order valence-electron chi connectivity index (χ3n) is 3.24. The Balaban J connectivity index is 2.75. The van der Waals surface area contributed by atoms with E-state index in [2.05, 4.69) is 15.3 Å². The molecule has 0 radical (unpaired) electrons. The standard InChI is InChI=1S/C12H19N3O3/c1-4-12(5-2,11(16)17)8-14-9-6-13-7-10(15-9)18-3/h6-7H,4-5,8H2,1-3H3,(H,14,15)(H,16,17). The van der Waals surface area contributed by atoms with Gasteiger partial charge in [-0.3, -0.25) is 9.78 Å². The Hall–Kier alpha value is -1.85. The summed E-state index contributed by atoms with van der Waals surface area (Å²) in [4.78, 5) is 19.4. The predicted molar refractivity (Wildman–Crippen MR) is 67.7 cm³/mol. The summed E-state index contributed by atoms with van der Waals surface area (Å²) in [5, 5.41) is 12.3. The number of anilines is 1. The number of hydrogen-bond donors (Lipinski definition) is 2. The van der Waals surface area contributed by atoms with Crippen LogP contribution < -0.4 is 10.1 Å². The van der Waals surface area contributed by atoms with Gasteiger partial charge in [0.2, 0.25) is 5.88 Å². The lowest BCUT2D eigenvalue weighted by Gasteiger charge is -2.27. The van der Waals surface area contributed by atoms with Crippen molar-refractivity contribution in [3.05, 3.63) is 12.4 Å². The number of methoxy groups -OCH3 is 1. The minimum absolute atomic E-state index is 0.317. The van der Waals surface area contributed by atoms with E-state index in [0.29, 0.717) is 31.1 Å². The van der Waals surface area contributed by atoms with Crippen molar-refractivity contribution < 1.29 is 14.6 Å². The summed E-state index contributed by atoms with van der Waals surface area (Å²) in [6.45, 7) is 4.06. The van der Waals surface area contributed by atoms with Gasteiger partial charge in [0.25, 0.3) is 0 Å². The molecule has 0 aliphatic heterocycles. The number of carboxylic acids is 1. The fourth-order valence-electron chi connectivity index (χ4n) is 1.67. The van der Waals surface area contributed by atoms with E-state index in [1.54, 1.807) is 6.20 Å². The molecule has 0 spiro atoms. The molecule has 0 aromatic carbocycles. The highest BCUT2D eigenvalue weighted by molar-refractivity contribution is 5.75.